The Labute approximate surface area is 188 Å². The molecule has 0 radical (unpaired) electrons. The normalized spacial score (nSPS) is 23.5. The number of halogens is 3. The average Bonchev–Trinajstić information content (AvgIpc) is 3.42. The van der Waals surface area contributed by atoms with E-state index < -0.39 is 36.2 Å². The van der Waals surface area contributed by atoms with Crippen LogP contribution in [0.25, 0.3) is 11.3 Å². The molecule has 33 heavy (non-hydrogen) atoms. The molecule has 1 heterocycles. The minimum Gasteiger partial charge on any atom is -0.454 e. The van der Waals surface area contributed by atoms with Gasteiger partial charge in [-0.3, -0.25) is 9.89 Å². The Kier molecular flexibility index (Phi) is 5.20. The van der Waals surface area contributed by atoms with E-state index in [4.69, 9.17) is 4.74 Å². The van der Waals surface area contributed by atoms with E-state index in [-0.39, 0.29) is 24.0 Å². The van der Waals surface area contributed by atoms with Crippen LogP contribution in [0, 0.1) is 17.1 Å². The summed E-state index contributed by atoms with van der Waals surface area (Å²) in [6.45, 7) is 1.23. The van der Waals surface area contributed by atoms with Gasteiger partial charge in [0, 0.05) is 36.6 Å². The van der Waals surface area contributed by atoms with Gasteiger partial charge in [-0.1, -0.05) is 12.1 Å². The summed E-state index contributed by atoms with van der Waals surface area (Å²) < 4.78 is 49.4. The van der Waals surface area contributed by atoms with Crippen molar-refractivity contribution in [2.24, 2.45) is 0 Å². The van der Waals surface area contributed by atoms with E-state index >= 15 is 4.39 Å². The van der Waals surface area contributed by atoms with Crippen LogP contribution in [0.2, 0.25) is 0 Å². The lowest BCUT2D eigenvalue weighted by molar-refractivity contribution is -0.149. The number of carbonyl (C=O) groups is 1. The number of rotatable bonds is 3. The average molecular weight is 451 g/mol. The van der Waals surface area contributed by atoms with Gasteiger partial charge in [-0.25, -0.2) is 13.2 Å². The molecule has 0 spiro atoms. The molecule has 8 heteroatoms. The van der Waals surface area contributed by atoms with Gasteiger partial charge >= 0.3 is 5.97 Å². The van der Waals surface area contributed by atoms with Crippen LogP contribution in [0.15, 0.2) is 36.5 Å². The summed E-state index contributed by atoms with van der Waals surface area (Å²) in [5.41, 5.74) is 3.96. The second kappa shape index (κ2) is 8.07. The van der Waals surface area contributed by atoms with E-state index in [1.807, 2.05) is 12.1 Å². The summed E-state index contributed by atoms with van der Waals surface area (Å²) in [4.78, 5) is 11.7. The predicted molar refractivity (Wildman–Crippen MR) is 113 cm³/mol. The molecule has 3 aromatic rings. The molecule has 0 bridgehead atoms. The zero-order valence-electron chi connectivity index (χ0n) is 17.7. The molecule has 2 aliphatic carbocycles. The molecule has 0 unspecified atom stereocenters. The van der Waals surface area contributed by atoms with Gasteiger partial charge in [-0.15, -0.1) is 0 Å². The summed E-state index contributed by atoms with van der Waals surface area (Å²) in [6.07, 6.45) is -1.78. The van der Waals surface area contributed by atoms with Crippen LogP contribution in [0.1, 0.15) is 71.3 Å². The van der Waals surface area contributed by atoms with E-state index in [2.05, 4.69) is 10.2 Å². The summed E-state index contributed by atoms with van der Waals surface area (Å²) in [5, 5.41) is 16.5. The van der Waals surface area contributed by atoms with Gasteiger partial charge in [0.1, 0.15) is 18.2 Å². The molecule has 0 fully saturated rings. The molecule has 2 aromatic carbocycles. The summed E-state index contributed by atoms with van der Waals surface area (Å²) in [7, 11) is 0. The summed E-state index contributed by atoms with van der Waals surface area (Å²) in [6, 6.07) is 9.64. The molecule has 2 aliphatic rings. The third-order valence-electron chi connectivity index (χ3n) is 6.56. The Morgan fingerprint density at radius 2 is 2.00 bits per heavy atom. The quantitative estimate of drug-likeness (QED) is 0.532. The summed E-state index contributed by atoms with van der Waals surface area (Å²) >= 11 is 0. The largest absolute Gasteiger partial charge is 0.454 e. The van der Waals surface area contributed by atoms with Gasteiger partial charge in [0.15, 0.2) is 6.10 Å². The fourth-order valence-electron chi connectivity index (χ4n) is 5.30. The lowest BCUT2D eigenvalue weighted by Crippen LogP contribution is -2.17. The second-order valence-corrected chi connectivity index (χ2v) is 8.48. The molecule has 0 aliphatic heterocycles. The number of carbonyl (C=O) groups excluding carboxylic acids is 1. The number of alkyl halides is 2. The Balaban J connectivity index is 1.73. The Morgan fingerprint density at radius 1 is 1.18 bits per heavy atom. The number of esters is 1. The molecular weight excluding hydrogens is 431 g/mol. The highest BCUT2D eigenvalue weighted by atomic mass is 19.1. The topological polar surface area (TPSA) is 78.8 Å². The number of hydrogen-bond donors (Lipinski definition) is 1. The molecule has 4 atom stereocenters. The number of ether oxygens (including phenoxy) is 1. The second-order valence-electron chi connectivity index (χ2n) is 8.48. The number of H-pyrrole nitrogens is 1. The minimum atomic E-state index is -1.45. The van der Waals surface area contributed by atoms with Crippen molar-refractivity contribution in [3.8, 4) is 17.3 Å². The van der Waals surface area contributed by atoms with Gasteiger partial charge < -0.3 is 4.74 Å². The highest BCUT2D eigenvalue weighted by Crippen LogP contribution is 2.50. The van der Waals surface area contributed by atoms with Crippen LogP contribution in [-0.4, -0.2) is 22.3 Å². The van der Waals surface area contributed by atoms with Gasteiger partial charge in [-0.05, 0) is 53.3 Å². The minimum absolute atomic E-state index is 0.0125. The van der Waals surface area contributed by atoms with E-state index in [1.54, 1.807) is 18.3 Å². The lowest BCUT2D eigenvalue weighted by atomic mass is 9.74. The number of aromatic nitrogens is 2. The van der Waals surface area contributed by atoms with E-state index in [1.165, 1.54) is 6.92 Å². The highest BCUT2D eigenvalue weighted by molar-refractivity contribution is 5.72. The Hall–Kier alpha value is -3.60. The van der Waals surface area contributed by atoms with Crippen molar-refractivity contribution >= 4 is 5.97 Å². The maximum atomic E-state index is 15.2. The molecule has 168 valence electrons. The van der Waals surface area contributed by atoms with Crippen LogP contribution >= 0.6 is 0 Å². The smallest absolute Gasteiger partial charge is 0.303 e. The van der Waals surface area contributed by atoms with E-state index in [0.717, 1.165) is 17.7 Å². The van der Waals surface area contributed by atoms with E-state index in [9.17, 15) is 18.8 Å². The van der Waals surface area contributed by atoms with Crippen LogP contribution in [-0.2, 0) is 16.0 Å². The lowest BCUT2D eigenvalue weighted by Gasteiger charge is -2.31. The SMILES string of the molecule is CC(=O)O[C@H]1c2c(-c3ccn[nH]3)ccc([C@H]3CC[C@H](F)c4cc(F)cc(C#N)c43)c2C[C@H]1F. The van der Waals surface area contributed by atoms with Gasteiger partial charge in [0.05, 0.1) is 17.3 Å². The van der Waals surface area contributed by atoms with Crippen molar-refractivity contribution in [3.63, 3.8) is 0 Å². The first-order valence-electron chi connectivity index (χ1n) is 10.7. The zero-order valence-corrected chi connectivity index (χ0v) is 17.7. The molecule has 5 nitrogen and oxygen atoms in total. The van der Waals surface area contributed by atoms with Crippen molar-refractivity contribution in [2.75, 3.05) is 0 Å². The molecular formula is C25H20F3N3O2. The molecule has 0 amide bonds. The molecule has 1 N–H and O–H groups in total. The first-order chi connectivity index (χ1) is 15.9. The summed E-state index contributed by atoms with van der Waals surface area (Å²) in [5.74, 6) is -1.66. The van der Waals surface area contributed by atoms with Crippen LogP contribution in [0.4, 0.5) is 13.2 Å². The van der Waals surface area contributed by atoms with Gasteiger partial charge in [0.25, 0.3) is 0 Å². The van der Waals surface area contributed by atoms with Gasteiger partial charge in [-0.2, -0.15) is 10.4 Å². The third kappa shape index (κ3) is 3.48. The maximum absolute atomic E-state index is 15.2. The molecule has 1 aromatic heterocycles. The number of hydrogen-bond acceptors (Lipinski definition) is 4. The van der Waals surface area contributed by atoms with Crippen molar-refractivity contribution in [1.82, 2.24) is 10.2 Å². The number of nitrogens with zero attached hydrogens (tertiary/aromatic N) is 2. The number of nitriles is 1. The number of nitrogens with one attached hydrogen (secondary N) is 1. The van der Waals surface area contributed by atoms with Crippen LogP contribution in [0.5, 0.6) is 0 Å². The van der Waals surface area contributed by atoms with E-state index in [0.29, 0.717) is 34.4 Å². The first-order valence-corrected chi connectivity index (χ1v) is 10.7. The maximum Gasteiger partial charge on any atom is 0.303 e. The van der Waals surface area contributed by atoms with Crippen molar-refractivity contribution in [2.45, 2.75) is 50.6 Å². The van der Waals surface area contributed by atoms with Crippen LogP contribution < -0.4 is 0 Å². The van der Waals surface area contributed by atoms with Gasteiger partial charge in [0.2, 0.25) is 0 Å². The standard InChI is InChI=1S/C25H20F3N3O2/c1-12(32)33-25-21(28)10-18-15(2-3-17(24(18)25)22-6-7-30-31-22)16-4-5-20(27)19-9-14(26)8-13(11-29)23(16)19/h2-3,6-9,16,20-21,25H,4-5,10H2,1H3,(H,30,31)/t16-,20+,21-,25-/m1/s1. The highest BCUT2D eigenvalue weighted by Gasteiger charge is 2.41. The first kappa shape index (κ1) is 21.3. The molecule has 0 saturated heterocycles. The zero-order chi connectivity index (χ0) is 23.3. The third-order valence-corrected chi connectivity index (χ3v) is 6.56. The number of fused-ring (bicyclic) bond motifs is 2. The Bertz CT molecular complexity index is 1280. The fourth-order valence-corrected chi connectivity index (χ4v) is 5.30. The van der Waals surface area contributed by atoms with Crippen molar-refractivity contribution in [1.29, 1.82) is 5.26 Å². The number of benzene rings is 2. The van der Waals surface area contributed by atoms with Crippen molar-refractivity contribution < 1.29 is 22.7 Å². The monoisotopic (exact) mass is 451 g/mol. The molecule has 0 saturated carbocycles. The molecule has 5 rings (SSSR count). The predicted octanol–water partition coefficient (Wildman–Crippen LogP) is 5.52. The van der Waals surface area contributed by atoms with Crippen LogP contribution in [0.3, 0.4) is 0 Å². The Morgan fingerprint density at radius 3 is 2.70 bits per heavy atom. The van der Waals surface area contributed by atoms with Crippen molar-refractivity contribution in [3.05, 3.63) is 75.7 Å². The fraction of sp³-hybridized carbons (Fsp3) is 0.320. The number of aromatic amines is 1.